The molecular weight excluding hydrogens is 478 g/mol. The normalized spacial score (nSPS) is 33.4. The van der Waals surface area contributed by atoms with Crippen molar-refractivity contribution in [3.8, 4) is 0 Å². The third-order valence-corrected chi connectivity index (χ3v) is 11.5. The molecule has 0 bridgehead atoms. The van der Waals surface area contributed by atoms with Gasteiger partial charge in [-0.15, -0.1) is 0 Å². The van der Waals surface area contributed by atoms with Crippen LogP contribution in [0.25, 0.3) is 5.57 Å². The zero-order valence-electron chi connectivity index (χ0n) is 25.1. The lowest BCUT2D eigenvalue weighted by Gasteiger charge is -2.58. The maximum Gasteiger partial charge on any atom is 0.305 e. The van der Waals surface area contributed by atoms with Crippen molar-refractivity contribution in [2.45, 2.75) is 124 Å². The lowest BCUT2D eigenvalue weighted by molar-refractivity contribution is -0.144. The van der Waals surface area contributed by atoms with Gasteiger partial charge in [-0.3, -0.25) is 9.78 Å². The summed E-state index contributed by atoms with van der Waals surface area (Å²) in [6, 6.07) is 4.35. The maximum atomic E-state index is 12.2. The van der Waals surface area contributed by atoms with Gasteiger partial charge in [0.15, 0.2) is 0 Å². The van der Waals surface area contributed by atoms with Gasteiger partial charge in [0.1, 0.15) is 0 Å². The first kappa shape index (κ1) is 28.6. The lowest BCUT2D eigenvalue weighted by Crippen LogP contribution is -2.49. The van der Waals surface area contributed by atoms with Crippen LogP contribution in [-0.2, 0) is 9.53 Å². The van der Waals surface area contributed by atoms with Crippen LogP contribution in [-0.4, -0.2) is 17.6 Å². The summed E-state index contributed by atoms with van der Waals surface area (Å²) in [5, 5.41) is 0. The Morgan fingerprint density at radius 1 is 0.974 bits per heavy atom. The van der Waals surface area contributed by atoms with Crippen molar-refractivity contribution in [1.29, 1.82) is 0 Å². The fourth-order valence-electron chi connectivity index (χ4n) is 9.16. The van der Waals surface area contributed by atoms with E-state index in [2.05, 4.69) is 56.2 Å². The number of hydrogen-bond acceptors (Lipinski definition) is 3. The van der Waals surface area contributed by atoms with Crippen molar-refractivity contribution in [1.82, 2.24) is 4.98 Å². The second-order valence-corrected chi connectivity index (χ2v) is 13.8. The molecule has 0 aliphatic heterocycles. The van der Waals surface area contributed by atoms with Crippen LogP contribution in [0.3, 0.4) is 0 Å². The second kappa shape index (κ2) is 12.7. The maximum absolute atomic E-state index is 12.2. The molecule has 4 aliphatic carbocycles. The summed E-state index contributed by atoms with van der Waals surface area (Å²) in [6.07, 6.45) is 28.4. The summed E-state index contributed by atoms with van der Waals surface area (Å²) in [7, 11) is 0. The first-order chi connectivity index (χ1) is 19.0. The van der Waals surface area contributed by atoms with Crippen LogP contribution in [0, 0.1) is 34.5 Å². The highest BCUT2D eigenvalue weighted by atomic mass is 16.5. The van der Waals surface area contributed by atoms with Crippen molar-refractivity contribution < 1.29 is 9.53 Å². The smallest absolute Gasteiger partial charge is 0.305 e. The van der Waals surface area contributed by atoms with Gasteiger partial charge >= 0.3 is 5.97 Å². The number of nitrogens with zero attached hydrogens (tertiary/aromatic N) is 1. The molecule has 2 saturated carbocycles. The van der Waals surface area contributed by atoms with E-state index in [0.717, 1.165) is 37.0 Å². The molecule has 3 nitrogen and oxygen atoms in total. The molecular formula is C36H53NO2. The molecule has 0 saturated heterocycles. The minimum Gasteiger partial charge on any atom is -0.466 e. The molecule has 2 fully saturated rings. The molecule has 4 unspecified atom stereocenters. The molecule has 4 aliphatic rings. The number of aromatic nitrogens is 1. The molecule has 0 spiro atoms. The topological polar surface area (TPSA) is 39.2 Å². The molecule has 214 valence electrons. The molecule has 3 heteroatoms. The van der Waals surface area contributed by atoms with E-state index in [1.807, 2.05) is 6.20 Å². The third-order valence-electron chi connectivity index (χ3n) is 11.5. The van der Waals surface area contributed by atoms with Gasteiger partial charge in [-0.25, -0.2) is 0 Å². The molecule has 0 N–H and O–H groups in total. The highest BCUT2D eigenvalue weighted by Gasteiger charge is 2.56. The monoisotopic (exact) mass is 531 g/mol. The van der Waals surface area contributed by atoms with E-state index < -0.39 is 0 Å². The second-order valence-electron chi connectivity index (χ2n) is 13.8. The first-order valence-corrected chi connectivity index (χ1v) is 16.4. The molecule has 0 radical (unpaired) electrons. The largest absolute Gasteiger partial charge is 0.466 e. The van der Waals surface area contributed by atoms with Gasteiger partial charge in [0.25, 0.3) is 0 Å². The van der Waals surface area contributed by atoms with Crippen LogP contribution in [0.1, 0.15) is 129 Å². The first-order valence-electron chi connectivity index (χ1n) is 16.4. The number of carbonyl (C=O) groups is 1. The van der Waals surface area contributed by atoms with E-state index >= 15 is 0 Å². The summed E-state index contributed by atoms with van der Waals surface area (Å²) >= 11 is 0. The third kappa shape index (κ3) is 6.08. The Labute approximate surface area is 238 Å². The zero-order chi connectivity index (χ0) is 27.3. The van der Waals surface area contributed by atoms with Crippen LogP contribution in [0.2, 0.25) is 0 Å². The Morgan fingerprint density at radius 2 is 1.77 bits per heavy atom. The summed E-state index contributed by atoms with van der Waals surface area (Å²) in [5.41, 5.74) is 5.29. The van der Waals surface area contributed by atoms with Crippen molar-refractivity contribution in [3.63, 3.8) is 0 Å². The van der Waals surface area contributed by atoms with Gasteiger partial charge < -0.3 is 4.74 Å². The molecule has 6 atom stereocenters. The molecule has 5 rings (SSSR count). The highest BCUT2D eigenvalue weighted by Crippen LogP contribution is 2.66. The van der Waals surface area contributed by atoms with Crippen LogP contribution >= 0.6 is 0 Å². The standard InChI is InChI=1S/C36H53NO2/c1-4-5-6-7-8-9-10-13-34(38)39-24-20-27-18-21-35(2)29(25-27)14-15-30-32-17-16-31(28-12-11-23-37-26-28)36(32,3)22-19-33(30)35/h11-12,14,16,23,26-27,30,32-33H,4-10,13,15,17-22,24-25H2,1-3H3/t27?,30?,32?,33?,35-,36+/m0/s1. The average Bonchev–Trinajstić information content (AvgIpc) is 3.30. The predicted molar refractivity (Wildman–Crippen MR) is 161 cm³/mol. The zero-order valence-corrected chi connectivity index (χ0v) is 25.1. The number of carbonyl (C=O) groups excluding carboxylic acids is 1. The molecule has 0 aromatic carbocycles. The molecule has 1 heterocycles. The number of hydrogen-bond donors (Lipinski definition) is 0. The van der Waals surface area contributed by atoms with E-state index in [9.17, 15) is 4.79 Å². The van der Waals surface area contributed by atoms with Gasteiger partial charge in [-0.2, -0.15) is 0 Å². The molecule has 0 amide bonds. The van der Waals surface area contributed by atoms with Crippen molar-refractivity contribution in [2.75, 3.05) is 6.61 Å². The number of esters is 1. The Kier molecular flexibility index (Phi) is 9.35. The predicted octanol–water partition coefficient (Wildman–Crippen LogP) is 9.73. The van der Waals surface area contributed by atoms with E-state index in [-0.39, 0.29) is 5.97 Å². The Bertz CT molecular complexity index is 1030. The van der Waals surface area contributed by atoms with Crippen molar-refractivity contribution >= 4 is 11.5 Å². The van der Waals surface area contributed by atoms with E-state index in [1.165, 1.54) is 82.6 Å². The van der Waals surface area contributed by atoms with E-state index in [0.29, 0.717) is 29.8 Å². The number of ether oxygens (including phenoxy) is 1. The molecule has 1 aromatic heterocycles. The fourth-order valence-corrected chi connectivity index (χ4v) is 9.16. The Balaban J connectivity index is 1.10. The number of rotatable bonds is 12. The van der Waals surface area contributed by atoms with Crippen LogP contribution in [0.15, 0.2) is 42.3 Å². The van der Waals surface area contributed by atoms with Gasteiger partial charge in [0.05, 0.1) is 6.61 Å². The number of allylic oxidation sites excluding steroid dienone is 4. The Morgan fingerprint density at radius 3 is 2.56 bits per heavy atom. The van der Waals surface area contributed by atoms with Crippen LogP contribution in [0.5, 0.6) is 0 Å². The van der Waals surface area contributed by atoms with Gasteiger partial charge in [-0.05, 0) is 109 Å². The lowest BCUT2D eigenvalue weighted by atomic mass is 9.47. The summed E-state index contributed by atoms with van der Waals surface area (Å²) in [4.78, 5) is 16.7. The SMILES string of the molecule is CCCCCCCCCC(=O)OCCC1CC[C@@]2(C)C(=CCC3C2CC[C@]2(C)C(c4cccnc4)=CCC32)C1. The quantitative estimate of drug-likeness (QED) is 0.153. The minimum atomic E-state index is 0.0185. The van der Waals surface area contributed by atoms with Gasteiger partial charge in [0.2, 0.25) is 0 Å². The summed E-state index contributed by atoms with van der Waals surface area (Å²) in [5.74, 6) is 3.07. The number of unbranched alkanes of at least 4 members (excludes halogenated alkanes) is 6. The molecule has 1 aromatic rings. The molecule has 39 heavy (non-hydrogen) atoms. The van der Waals surface area contributed by atoms with E-state index in [4.69, 9.17) is 4.74 Å². The van der Waals surface area contributed by atoms with E-state index in [1.54, 1.807) is 11.1 Å². The minimum absolute atomic E-state index is 0.0185. The summed E-state index contributed by atoms with van der Waals surface area (Å²) < 4.78 is 5.67. The van der Waals surface area contributed by atoms with Gasteiger partial charge in [-0.1, -0.05) is 83.1 Å². The number of fused-ring (bicyclic) bond motifs is 5. The Hall–Kier alpha value is -1.90. The number of pyridine rings is 1. The highest BCUT2D eigenvalue weighted by molar-refractivity contribution is 5.72. The average molecular weight is 532 g/mol. The summed E-state index contributed by atoms with van der Waals surface area (Å²) in [6.45, 7) is 8.01. The fraction of sp³-hybridized carbons (Fsp3) is 0.722. The van der Waals surface area contributed by atoms with Crippen LogP contribution in [0.4, 0.5) is 0 Å². The van der Waals surface area contributed by atoms with Gasteiger partial charge in [0, 0.05) is 18.8 Å². The van der Waals surface area contributed by atoms with Crippen molar-refractivity contribution in [3.05, 3.63) is 47.8 Å². The van der Waals surface area contributed by atoms with Crippen LogP contribution < -0.4 is 0 Å². The van der Waals surface area contributed by atoms with Crippen molar-refractivity contribution in [2.24, 2.45) is 34.5 Å².